The maximum atomic E-state index is 13.0. The molecule has 0 spiro atoms. The minimum absolute atomic E-state index is 0.212. The Bertz CT molecular complexity index is 1940. The number of hydrogen-bond acceptors (Lipinski definition) is 17. The van der Waals surface area contributed by atoms with E-state index in [0.717, 1.165) is 136 Å². The van der Waals surface area contributed by atoms with Crippen molar-refractivity contribution in [2.45, 2.75) is 174 Å². The molecular formula is C47H74N12O11. The van der Waals surface area contributed by atoms with Crippen LogP contribution in [0.25, 0.3) is 0 Å². The molecule has 1 aromatic heterocycles. The zero-order valence-corrected chi connectivity index (χ0v) is 40.9. The van der Waals surface area contributed by atoms with Crippen LogP contribution in [-0.2, 0) is 48.3 Å². The van der Waals surface area contributed by atoms with E-state index in [1.165, 1.54) is 29.2 Å². The van der Waals surface area contributed by atoms with Crippen molar-refractivity contribution >= 4 is 36.4 Å². The van der Waals surface area contributed by atoms with Gasteiger partial charge in [-0.15, -0.1) is 0 Å². The molecule has 0 aliphatic rings. The van der Waals surface area contributed by atoms with Crippen LogP contribution in [0.5, 0.6) is 0 Å². The van der Waals surface area contributed by atoms with Gasteiger partial charge >= 0.3 is 29.1 Å². The number of carbonyl (C=O) groups is 2. The van der Waals surface area contributed by atoms with Crippen LogP contribution in [-0.4, -0.2) is 114 Å². The van der Waals surface area contributed by atoms with Gasteiger partial charge in [0.05, 0.1) is 26.2 Å². The van der Waals surface area contributed by atoms with Crippen LogP contribution >= 0.6 is 0 Å². The summed E-state index contributed by atoms with van der Waals surface area (Å²) < 4.78 is 12.7. The highest BCUT2D eigenvalue weighted by Crippen LogP contribution is 2.07. The maximum absolute atomic E-state index is 13.0. The summed E-state index contributed by atoms with van der Waals surface area (Å²) in [6, 6.07) is -0.829. The molecule has 4 amide bonds. The lowest BCUT2D eigenvalue weighted by molar-refractivity contribution is 0.184. The van der Waals surface area contributed by atoms with Gasteiger partial charge in [-0.05, 0) is 89.9 Å². The van der Waals surface area contributed by atoms with E-state index >= 15 is 0 Å². The van der Waals surface area contributed by atoms with Crippen LogP contribution in [0.2, 0.25) is 0 Å². The van der Waals surface area contributed by atoms with E-state index in [1.807, 2.05) is 0 Å². The first-order chi connectivity index (χ1) is 34.2. The third kappa shape index (κ3) is 33.7. The van der Waals surface area contributed by atoms with Crippen LogP contribution in [0, 0.1) is 23.0 Å². The highest BCUT2D eigenvalue weighted by Gasteiger charge is 2.20. The number of isocyanates is 4. The van der Waals surface area contributed by atoms with E-state index in [4.69, 9.17) is 10.5 Å². The molecule has 0 aliphatic heterocycles. The molecule has 70 heavy (non-hydrogen) atoms. The number of nitrogens with one attached hydrogen (secondary N) is 2. The highest BCUT2D eigenvalue weighted by molar-refractivity contribution is 5.93. The first-order valence-electron chi connectivity index (χ1n) is 24.7. The lowest BCUT2D eigenvalue weighted by Gasteiger charge is -2.22. The SMILES string of the molecule is N#COCCCCCCN(C(=O)NCCCCCCN=C=O)C(=O)NCCCCCCN=C=O.N#COCCCCCCn1c(=O)n(CCCCCCN=C=O)c(=O)n(CCCCCCN=C=O)c1=O. The fourth-order valence-electron chi connectivity index (χ4n) is 6.97. The Morgan fingerprint density at radius 3 is 1.03 bits per heavy atom. The zero-order valence-electron chi connectivity index (χ0n) is 40.9. The van der Waals surface area contributed by atoms with E-state index in [-0.39, 0.29) is 19.6 Å². The van der Waals surface area contributed by atoms with Crippen LogP contribution in [0.15, 0.2) is 34.4 Å². The van der Waals surface area contributed by atoms with Crippen LogP contribution < -0.4 is 27.7 Å². The van der Waals surface area contributed by atoms with Gasteiger partial charge < -0.3 is 20.1 Å². The number of rotatable bonds is 42. The number of aromatic nitrogens is 3. The van der Waals surface area contributed by atoms with Crippen molar-refractivity contribution < 1.29 is 38.2 Å². The smallest absolute Gasteiger partial charge is 0.336 e. The minimum Gasteiger partial charge on any atom is -0.428 e. The van der Waals surface area contributed by atoms with Gasteiger partial charge in [-0.1, -0.05) is 64.2 Å². The predicted octanol–water partition coefficient (Wildman–Crippen LogP) is 5.58. The molecule has 1 heterocycles. The quantitative estimate of drug-likeness (QED) is 0.0350. The number of nitriles is 2. The predicted molar refractivity (Wildman–Crippen MR) is 259 cm³/mol. The van der Waals surface area contributed by atoms with Gasteiger partial charge in [0.25, 0.3) is 12.5 Å². The number of unbranched alkanes of at least 4 members (excludes halogenated alkanes) is 18. The van der Waals surface area contributed by atoms with Crippen molar-refractivity contribution in [1.29, 1.82) is 10.5 Å². The van der Waals surface area contributed by atoms with Gasteiger partial charge in [-0.3, -0.25) is 0 Å². The van der Waals surface area contributed by atoms with Gasteiger partial charge in [-0.25, -0.2) is 81.7 Å². The molecule has 0 aromatic carbocycles. The fourth-order valence-corrected chi connectivity index (χ4v) is 6.97. The van der Waals surface area contributed by atoms with Crippen LogP contribution in [0.1, 0.15) is 154 Å². The van der Waals surface area contributed by atoms with Crippen molar-refractivity contribution in [2.24, 2.45) is 20.0 Å². The number of ether oxygens (including phenoxy) is 2. The number of aliphatic imine (C=N–C) groups is 4. The van der Waals surface area contributed by atoms with Gasteiger partial charge in [0.2, 0.25) is 24.3 Å². The van der Waals surface area contributed by atoms with Gasteiger partial charge in [0.1, 0.15) is 13.2 Å². The second-order valence-electron chi connectivity index (χ2n) is 16.2. The Hall–Kier alpha value is -6.75. The van der Waals surface area contributed by atoms with Gasteiger partial charge in [-0.2, -0.15) is 10.5 Å². The van der Waals surface area contributed by atoms with Crippen molar-refractivity contribution in [3.8, 4) is 12.5 Å². The Kier molecular flexibility index (Phi) is 42.8. The summed E-state index contributed by atoms with van der Waals surface area (Å²) >= 11 is 0. The number of hydrogen-bond donors (Lipinski definition) is 2. The molecule has 1 rings (SSSR count). The lowest BCUT2D eigenvalue weighted by Crippen LogP contribution is -2.54. The number of carbonyl (C=O) groups excluding carboxylic acids is 6. The van der Waals surface area contributed by atoms with Crippen molar-refractivity contribution in [3.05, 3.63) is 31.5 Å². The molecule has 0 unspecified atom stereocenters. The van der Waals surface area contributed by atoms with E-state index in [0.29, 0.717) is 91.1 Å². The summed E-state index contributed by atoms with van der Waals surface area (Å²) in [5.74, 6) is 0. The summed E-state index contributed by atoms with van der Waals surface area (Å²) in [5, 5.41) is 22.4. The van der Waals surface area contributed by atoms with E-state index in [9.17, 15) is 43.2 Å². The Morgan fingerprint density at radius 2 is 0.714 bits per heavy atom. The average molecular weight is 983 g/mol. The fraction of sp³-hybridized carbons (Fsp3) is 0.766. The molecule has 0 atom stereocenters. The monoisotopic (exact) mass is 983 g/mol. The summed E-state index contributed by atoms with van der Waals surface area (Å²) in [6.07, 6.45) is 27.7. The van der Waals surface area contributed by atoms with E-state index < -0.39 is 29.1 Å². The zero-order chi connectivity index (χ0) is 51.6. The Labute approximate surface area is 410 Å². The Balaban J connectivity index is 0.00000136. The van der Waals surface area contributed by atoms with Crippen LogP contribution in [0.4, 0.5) is 9.59 Å². The molecule has 23 heteroatoms. The van der Waals surface area contributed by atoms with Gasteiger partial charge in [0.15, 0.2) is 0 Å². The number of urea groups is 2. The third-order valence-electron chi connectivity index (χ3n) is 10.8. The number of amides is 4. The van der Waals surface area contributed by atoms with Crippen molar-refractivity contribution in [3.63, 3.8) is 0 Å². The normalized spacial score (nSPS) is 10.0. The standard InChI is InChI=1S/C24H36N6O6.C23H38N6O5/c25-19-36-18-12-6-5-11-17-30-23(34)28(15-9-3-1-7-13-26-20-31)22(33)29(24(30)35)16-10-4-2-8-14-27-21-32;24-19-34-18-12-6-5-11-17-29(22(32)27-15-9-3-1-7-13-25-20-30)23(33)28-16-10-4-2-8-14-26-21-31/h1-18H2;1-18H2,(H,27,32)(H,28,33). The minimum atomic E-state index is -0.592. The molecule has 0 radical (unpaired) electrons. The summed E-state index contributed by atoms with van der Waals surface area (Å²) in [5.41, 5.74) is -1.77. The molecule has 2 N–H and O–H groups in total. The molecule has 1 aromatic rings. The van der Waals surface area contributed by atoms with E-state index in [1.54, 1.807) is 12.5 Å². The third-order valence-corrected chi connectivity index (χ3v) is 10.8. The molecule has 0 fully saturated rings. The second kappa shape index (κ2) is 47.3. The van der Waals surface area contributed by atoms with Crippen LogP contribution in [0.3, 0.4) is 0 Å². The van der Waals surface area contributed by atoms with E-state index in [2.05, 4.69) is 40.1 Å². The average Bonchev–Trinajstić information content (AvgIpc) is 3.35. The molecule has 0 saturated carbocycles. The first kappa shape index (κ1) is 63.2. The molecule has 388 valence electrons. The topological polar surface area (TPSA) is 311 Å². The highest BCUT2D eigenvalue weighted by atomic mass is 16.5. The molecular weight excluding hydrogens is 909 g/mol. The largest absolute Gasteiger partial charge is 0.428 e. The Morgan fingerprint density at radius 1 is 0.429 bits per heavy atom. The second-order valence-corrected chi connectivity index (χ2v) is 16.2. The molecule has 0 saturated heterocycles. The number of imide groups is 1. The van der Waals surface area contributed by atoms with Gasteiger partial charge in [0, 0.05) is 39.3 Å². The van der Waals surface area contributed by atoms with Crippen molar-refractivity contribution in [1.82, 2.24) is 29.2 Å². The summed E-state index contributed by atoms with van der Waals surface area (Å²) in [4.78, 5) is 120. The van der Waals surface area contributed by atoms with Crippen molar-refractivity contribution in [2.75, 3.05) is 59.0 Å². The maximum Gasteiger partial charge on any atom is 0.336 e. The molecule has 0 aliphatic carbocycles. The lowest BCUT2D eigenvalue weighted by atomic mass is 10.2. The molecule has 0 bridgehead atoms. The number of nitrogens with zero attached hydrogens (tertiary/aromatic N) is 10. The summed E-state index contributed by atoms with van der Waals surface area (Å²) in [6.45, 7) is 4.36. The first-order valence-corrected chi connectivity index (χ1v) is 24.7. The molecule has 23 nitrogen and oxygen atoms in total. The summed E-state index contributed by atoms with van der Waals surface area (Å²) in [7, 11) is 0.